The highest BCUT2D eigenvalue weighted by atomic mass is 19.4. The average Bonchev–Trinajstić information content (AvgIpc) is 2.71. The highest BCUT2D eigenvalue weighted by molar-refractivity contribution is 5.95. The summed E-state index contributed by atoms with van der Waals surface area (Å²) >= 11 is 0. The molecule has 0 unspecified atom stereocenters. The van der Waals surface area contributed by atoms with Crippen molar-refractivity contribution in [1.29, 1.82) is 0 Å². The van der Waals surface area contributed by atoms with Gasteiger partial charge in [-0.15, -0.1) is 0 Å². The average molecular weight is 477 g/mol. The van der Waals surface area contributed by atoms with Gasteiger partial charge >= 0.3 is 6.18 Å². The second-order valence-electron chi connectivity index (χ2n) is 8.53. The maximum Gasteiger partial charge on any atom is 0.478 e. The van der Waals surface area contributed by atoms with Gasteiger partial charge in [0.05, 0.1) is 17.4 Å². The maximum atomic E-state index is 14.6. The minimum absolute atomic E-state index is 0.0517. The summed E-state index contributed by atoms with van der Waals surface area (Å²) in [6.45, 7) is 6.15. The first-order valence-corrected chi connectivity index (χ1v) is 10.3. The predicted octanol–water partition coefficient (Wildman–Crippen LogP) is 4.57. The van der Waals surface area contributed by atoms with Crippen LogP contribution in [0.5, 0.6) is 0 Å². The van der Waals surface area contributed by atoms with Crippen LogP contribution in [-0.2, 0) is 11.8 Å². The summed E-state index contributed by atoms with van der Waals surface area (Å²) in [6, 6.07) is 8.13. The Hall–Kier alpha value is -3.53. The van der Waals surface area contributed by atoms with Crippen molar-refractivity contribution >= 4 is 5.91 Å². The molecule has 1 atom stereocenters. The zero-order chi connectivity index (χ0) is 25.4. The Balaban J connectivity index is 1.95. The van der Waals surface area contributed by atoms with Crippen molar-refractivity contribution < 1.29 is 32.2 Å². The van der Waals surface area contributed by atoms with Gasteiger partial charge in [-0.3, -0.25) is 4.79 Å². The number of alkyl halides is 3. The lowest BCUT2D eigenvalue weighted by molar-refractivity contribution is -0.629. The number of nitrogens with one attached hydrogen (secondary N) is 1. The Morgan fingerprint density at radius 2 is 1.82 bits per heavy atom. The molecule has 0 saturated heterocycles. The van der Waals surface area contributed by atoms with Gasteiger partial charge in [0.1, 0.15) is 11.4 Å². The molecule has 3 rings (SSSR count). The molecule has 180 valence electrons. The molecule has 0 aliphatic rings. The molecule has 0 bridgehead atoms. The third kappa shape index (κ3) is 5.51. The highest BCUT2D eigenvalue weighted by Gasteiger charge is 2.39. The number of carbonyl (C=O) groups excluding carboxylic acids is 1. The smallest absolute Gasteiger partial charge is 0.478 e. The molecule has 6 nitrogen and oxygen atoms in total. The molecular weight excluding hydrogens is 454 g/mol. The zero-order valence-corrected chi connectivity index (χ0v) is 18.9. The summed E-state index contributed by atoms with van der Waals surface area (Å²) in [6.07, 6.45) is -4.06. The molecule has 2 heterocycles. The first kappa shape index (κ1) is 25.1. The van der Waals surface area contributed by atoms with Crippen LogP contribution in [0.1, 0.15) is 59.7 Å². The van der Waals surface area contributed by atoms with Gasteiger partial charge in [0.15, 0.2) is 6.20 Å². The van der Waals surface area contributed by atoms with E-state index in [0.717, 1.165) is 12.3 Å². The molecule has 0 spiro atoms. The topological polar surface area (TPSA) is 89.2 Å². The Morgan fingerprint density at radius 1 is 1.15 bits per heavy atom. The van der Waals surface area contributed by atoms with Gasteiger partial charge in [-0.25, -0.2) is 9.37 Å². The van der Waals surface area contributed by atoms with Crippen LogP contribution in [0, 0.1) is 17.9 Å². The molecule has 3 aromatic rings. The van der Waals surface area contributed by atoms with Crippen LogP contribution >= 0.6 is 0 Å². The molecule has 0 fully saturated rings. The van der Waals surface area contributed by atoms with Crippen LogP contribution in [0.15, 0.2) is 48.7 Å². The SMILES string of the molecule is Cc1ccc(-c2cc(C(=O)N[C@H](C)c3ccc(C(F)(F)F)[n+]([O-])c3)cc(C(C)(C)O)n2)c(F)c1. The molecule has 10 heteroatoms. The van der Waals surface area contributed by atoms with E-state index in [1.807, 2.05) is 0 Å². The van der Waals surface area contributed by atoms with Crippen molar-refractivity contribution in [3.8, 4) is 11.3 Å². The lowest BCUT2D eigenvalue weighted by Gasteiger charge is -2.20. The number of amides is 1. The van der Waals surface area contributed by atoms with Gasteiger partial charge in [0.2, 0.25) is 0 Å². The number of benzene rings is 1. The number of hydrogen-bond acceptors (Lipinski definition) is 4. The molecule has 0 radical (unpaired) electrons. The van der Waals surface area contributed by atoms with Crippen molar-refractivity contribution in [1.82, 2.24) is 10.3 Å². The van der Waals surface area contributed by atoms with Gasteiger partial charge in [-0.05, 0) is 63.6 Å². The van der Waals surface area contributed by atoms with Gasteiger partial charge in [0.25, 0.3) is 11.6 Å². The van der Waals surface area contributed by atoms with E-state index >= 15 is 0 Å². The summed E-state index contributed by atoms with van der Waals surface area (Å²) in [5.41, 5.74) is -1.54. The third-order valence-corrected chi connectivity index (χ3v) is 5.19. The second kappa shape index (κ2) is 9.02. The zero-order valence-electron chi connectivity index (χ0n) is 18.9. The third-order valence-electron chi connectivity index (χ3n) is 5.19. The number of aliphatic hydroxyl groups is 1. The number of nitrogens with zero attached hydrogens (tertiary/aromatic N) is 2. The van der Waals surface area contributed by atoms with Crippen molar-refractivity contribution in [2.45, 2.75) is 45.5 Å². The Morgan fingerprint density at radius 3 is 2.38 bits per heavy atom. The van der Waals surface area contributed by atoms with E-state index in [1.54, 1.807) is 13.0 Å². The van der Waals surface area contributed by atoms with Crippen molar-refractivity contribution in [2.24, 2.45) is 0 Å². The Labute approximate surface area is 193 Å². The minimum Gasteiger partial charge on any atom is -0.618 e. The van der Waals surface area contributed by atoms with Gasteiger partial charge in [-0.1, -0.05) is 6.07 Å². The van der Waals surface area contributed by atoms with Gasteiger partial charge in [0, 0.05) is 22.8 Å². The lowest BCUT2D eigenvalue weighted by Crippen LogP contribution is -2.38. The maximum absolute atomic E-state index is 14.6. The molecule has 2 N–H and O–H groups in total. The van der Waals surface area contributed by atoms with E-state index in [1.165, 1.54) is 45.0 Å². The van der Waals surface area contributed by atoms with Crippen molar-refractivity contribution in [3.05, 3.63) is 87.8 Å². The molecule has 0 aliphatic heterocycles. The molecule has 0 aliphatic carbocycles. The van der Waals surface area contributed by atoms with Crippen molar-refractivity contribution in [3.63, 3.8) is 0 Å². The number of rotatable bonds is 5. The number of aromatic nitrogens is 2. The summed E-state index contributed by atoms with van der Waals surface area (Å²) in [4.78, 5) is 17.3. The number of hydrogen-bond donors (Lipinski definition) is 2. The molecular formula is C24H23F4N3O3. The minimum atomic E-state index is -4.81. The van der Waals surface area contributed by atoms with Crippen LogP contribution < -0.4 is 10.0 Å². The normalized spacial score (nSPS) is 13.0. The van der Waals surface area contributed by atoms with Crippen molar-refractivity contribution in [2.75, 3.05) is 0 Å². The van der Waals surface area contributed by atoms with E-state index in [4.69, 9.17) is 0 Å². The first-order chi connectivity index (χ1) is 15.7. The van der Waals surface area contributed by atoms with Crippen LogP contribution in [-0.4, -0.2) is 16.0 Å². The van der Waals surface area contributed by atoms with Gasteiger partial charge < -0.3 is 15.6 Å². The van der Waals surface area contributed by atoms with E-state index in [0.29, 0.717) is 11.6 Å². The second-order valence-corrected chi connectivity index (χ2v) is 8.53. The number of carbonyl (C=O) groups is 1. The number of pyridine rings is 2. The summed E-state index contributed by atoms with van der Waals surface area (Å²) in [5.74, 6) is -1.20. The quantitative estimate of drug-likeness (QED) is 0.320. The van der Waals surface area contributed by atoms with Gasteiger partial charge in [-0.2, -0.15) is 17.9 Å². The van der Waals surface area contributed by atoms with Crippen LogP contribution in [0.4, 0.5) is 17.6 Å². The monoisotopic (exact) mass is 477 g/mol. The molecule has 34 heavy (non-hydrogen) atoms. The standard InChI is InChI=1S/C24H23F4N3O3/c1-13-5-7-17(18(25)9-13)19-10-16(11-20(30-19)23(3,4)33)22(32)29-14(2)15-6-8-21(24(26,27)28)31(34)12-15/h5-12,14,33H,1-4H3,(H,29,32)/t14-/m1/s1. The summed E-state index contributed by atoms with van der Waals surface area (Å²) in [5, 5.41) is 24.8. The van der Waals surface area contributed by atoms with E-state index in [2.05, 4.69) is 10.3 Å². The number of aryl methyl sites for hydroxylation is 1. The molecule has 1 amide bonds. The molecule has 1 aromatic carbocycles. The first-order valence-electron chi connectivity index (χ1n) is 10.3. The lowest BCUT2D eigenvalue weighted by atomic mass is 9.99. The van der Waals surface area contributed by atoms with E-state index in [-0.39, 0.29) is 32.8 Å². The Kier molecular flexibility index (Phi) is 6.66. The largest absolute Gasteiger partial charge is 0.618 e. The predicted molar refractivity (Wildman–Crippen MR) is 116 cm³/mol. The summed E-state index contributed by atoms with van der Waals surface area (Å²) < 4.78 is 52.8. The molecule has 0 saturated carbocycles. The summed E-state index contributed by atoms with van der Waals surface area (Å²) in [7, 11) is 0. The van der Waals surface area contributed by atoms with Crippen LogP contribution in [0.3, 0.4) is 0 Å². The fraction of sp³-hybridized carbons (Fsp3) is 0.292. The van der Waals surface area contributed by atoms with Crippen LogP contribution in [0.2, 0.25) is 0 Å². The van der Waals surface area contributed by atoms with E-state index < -0.39 is 35.2 Å². The fourth-order valence-electron chi connectivity index (χ4n) is 3.28. The van der Waals surface area contributed by atoms with E-state index in [9.17, 15) is 32.7 Å². The Bertz CT molecular complexity index is 1240. The van der Waals surface area contributed by atoms with Crippen LogP contribution in [0.25, 0.3) is 11.3 Å². The molecule has 2 aromatic heterocycles. The fourth-order valence-corrected chi connectivity index (χ4v) is 3.28. The highest BCUT2D eigenvalue weighted by Crippen LogP contribution is 2.29. The number of halogens is 4.